The van der Waals surface area contributed by atoms with Crippen molar-refractivity contribution in [2.24, 2.45) is 0 Å². The normalized spacial score (nSPS) is 13.3. The van der Waals surface area contributed by atoms with Crippen molar-refractivity contribution in [2.45, 2.75) is 44.7 Å². The molecule has 0 spiro atoms. The fourth-order valence-electron chi connectivity index (χ4n) is 3.00. The zero-order valence-electron chi connectivity index (χ0n) is 17.9. The van der Waals surface area contributed by atoms with Crippen LogP contribution in [-0.4, -0.2) is 44.2 Å². The highest BCUT2D eigenvalue weighted by Gasteiger charge is 2.31. The Morgan fingerprint density at radius 1 is 1.06 bits per heavy atom. The number of ether oxygens (including phenoxy) is 1. The lowest BCUT2D eigenvalue weighted by Gasteiger charge is -2.20. The van der Waals surface area contributed by atoms with Crippen LogP contribution in [0.15, 0.2) is 35.2 Å². The van der Waals surface area contributed by atoms with Gasteiger partial charge in [-0.3, -0.25) is 9.59 Å². The smallest absolute Gasteiger partial charge is 0.327 e. The number of carbonyl (C=O) groups is 2. The Morgan fingerprint density at radius 2 is 1.66 bits per heavy atom. The predicted octanol–water partition coefficient (Wildman–Crippen LogP) is 3.13. The van der Waals surface area contributed by atoms with Gasteiger partial charge in [0.1, 0.15) is 6.04 Å². The second kappa shape index (κ2) is 10.6. The molecule has 3 N–H and O–H groups in total. The summed E-state index contributed by atoms with van der Waals surface area (Å²) >= 11 is 11.6. The molecule has 2 rings (SSSR count). The van der Waals surface area contributed by atoms with E-state index in [4.69, 9.17) is 27.9 Å². The SMILES string of the molecule is Cc1cc(C)c(NC(=O)COC(=O)C(NS(=O)(=O)c2ccc(Cl)c(Cl)c2)C(C)O)c(C)c1. The van der Waals surface area contributed by atoms with Crippen molar-refractivity contribution in [2.75, 3.05) is 11.9 Å². The first-order chi connectivity index (χ1) is 14.8. The third-order valence-corrected chi connectivity index (χ3v) is 6.68. The fraction of sp³-hybridized carbons (Fsp3) is 0.333. The Kier molecular flexibility index (Phi) is 8.67. The number of aliphatic hydroxyl groups excluding tert-OH is 1. The van der Waals surface area contributed by atoms with Crippen molar-refractivity contribution < 1.29 is 27.9 Å². The molecule has 2 aromatic carbocycles. The van der Waals surface area contributed by atoms with Crippen LogP contribution in [0.5, 0.6) is 0 Å². The van der Waals surface area contributed by atoms with Gasteiger partial charge in [-0.2, -0.15) is 4.72 Å². The fourth-order valence-corrected chi connectivity index (χ4v) is 4.65. The van der Waals surface area contributed by atoms with Crippen LogP contribution < -0.4 is 10.0 Å². The molecule has 1 amide bonds. The number of esters is 1. The number of aryl methyl sites for hydroxylation is 3. The molecule has 0 saturated carbocycles. The van der Waals surface area contributed by atoms with E-state index < -0.39 is 40.7 Å². The number of anilines is 1. The van der Waals surface area contributed by atoms with Gasteiger partial charge in [0, 0.05) is 5.69 Å². The molecule has 0 aromatic heterocycles. The number of rotatable bonds is 8. The monoisotopic (exact) mass is 502 g/mol. The Balaban J connectivity index is 2.07. The molecule has 0 fully saturated rings. The average Bonchev–Trinajstić information content (AvgIpc) is 2.68. The van der Waals surface area contributed by atoms with Gasteiger partial charge >= 0.3 is 5.97 Å². The van der Waals surface area contributed by atoms with Gasteiger partial charge < -0.3 is 15.2 Å². The lowest BCUT2D eigenvalue weighted by molar-refractivity contribution is -0.151. The van der Waals surface area contributed by atoms with Crippen LogP contribution in [0.4, 0.5) is 5.69 Å². The topological polar surface area (TPSA) is 122 Å². The van der Waals surface area contributed by atoms with Gasteiger partial charge in [0.15, 0.2) is 6.61 Å². The van der Waals surface area contributed by atoms with E-state index in [1.165, 1.54) is 19.1 Å². The second-order valence-corrected chi connectivity index (χ2v) is 9.87. The second-order valence-electron chi connectivity index (χ2n) is 7.35. The summed E-state index contributed by atoms with van der Waals surface area (Å²) in [6.07, 6.45) is -1.44. The summed E-state index contributed by atoms with van der Waals surface area (Å²) in [6.45, 7) is 6.15. The molecule has 11 heteroatoms. The third kappa shape index (κ3) is 6.66. The van der Waals surface area contributed by atoms with E-state index >= 15 is 0 Å². The summed E-state index contributed by atoms with van der Waals surface area (Å²) in [6, 6.07) is 5.74. The van der Waals surface area contributed by atoms with Crippen LogP contribution in [0.1, 0.15) is 23.6 Å². The van der Waals surface area contributed by atoms with E-state index in [1.54, 1.807) is 0 Å². The molecule has 2 atom stereocenters. The van der Waals surface area contributed by atoms with Crippen LogP contribution in [0.2, 0.25) is 10.0 Å². The van der Waals surface area contributed by atoms with E-state index in [0.717, 1.165) is 22.8 Å². The van der Waals surface area contributed by atoms with Crippen LogP contribution in [0, 0.1) is 20.8 Å². The molecular weight excluding hydrogens is 479 g/mol. The summed E-state index contributed by atoms with van der Waals surface area (Å²) < 4.78 is 32.2. The Labute approximate surface area is 196 Å². The van der Waals surface area contributed by atoms with Gasteiger partial charge in [0.2, 0.25) is 10.0 Å². The largest absolute Gasteiger partial charge is 0.454 e. The zero-order valence-corrected chi connectivity index (χ0v) is 20.2. The maximum atomic E-state index is 12.6. The van der Waals surface area contributed by atoms with E-state index in [2.05, 4.69) is 10.0 Å². The Hall–Kier alpha value is -2.17. The Bertz CT molecular complexity index is 1110. The number of hydrogen-bond donors (Lipinski definition) is 3. The highest BCUT2D eigenvalue weighted by molar-refractivity contribution is 7.89. The quantitative estimate of drug-likeness (QED) is 0.476. The van der Waals surface area contributed by atoms with Gasteiger partial charge in [-0.1, -0.05) is 40.9 Å². The molecule has 2 unspecified atom stereocenters. The average molecular weight is 503 g/mol. The lowest BCUT2D eigenvalue weighted by Crippen LogP contribution is -2.48. The molecule has 0 saturated heterocycles. The minimum atomic E-state index is -4.25. The first-order valence-corrected chi connectivity index (χ1v) is 11.8. The van der Waals surface area contributed by atoms with Gasteiger partial charge in [-0.05, 0) is 57.0 Å². The third-order valence-electron chi connectivity index (χ3n) is 4.51. The molecular formula is C21H24Cl2N2O6S. The lowest BCUT2D eigenvalue weighted by atomic mass is 10.1. The number of benzene rings is 2. The van der Waals surface area contributed by atoms with Crippen molar-refractivity contribution in [3.63, 3.8) is 0 Å². The van der Waals surface area contributed by atoms with Crippen LogP contribution >= 0.6 is 23.2 Å². The summed E-state index contributed by atoms with van der Waals surface area (Å²) in [5, 5.41) is 12.7. The minimum Gasteiger partial charge on any atom is -0.454 e. The Morgan fingerprint density at radius 3 is 2.19 bits per heavy atom. The number of amides is 1. The molecule has 0 heterocycles. The zero-order chi connectivity index (χ0) is 24.2. The van der Waals surface area contributed by atoms with Crippen molar-refractivity contribution in [3.05, 3.63) is 57.1 Å². The molecule has 0 radical (unpaired) electrons. The first-order valence-electron chi connectivity index (χ1n) is 9.51. The van der Waals surface area contributed by atoms with Crippen LogP contribution in [-0.2, 0) is 24.3 Å². The standard InChI is InChI=1S/C21H24Cl2N2O6S/c1-11-7-12(2)19(13(3)8-11)24-18(27)10-31-21(28)20(14(4)26)25-32(29,30)15-5-6-16(22)17(23)9-15/h5-9,14,20,25-26H,10H2,1-4H3,(H,24,27). The van der Waals surface area contributed by atoms with Crippen LogP contribution in [0.25, 0.3) is 0 Å². The molecule has 0 bridgehead atoms. The first kappa shape index (κ1) is 26.1. The summed E-state index contributed by atoms with van der Waals surface area (Å²) in [4.78, 5) is 24.4. The highest BCUT2D eigenvalue weighted by atomic mass is 35.5. The number of nitrogens with one attached hydrogen (secondary N) is 2. The number of halogens is 2. The molecule has 2 aromatic rings. The molecule has 0 aliphatic rings. The number of sulfonamides is 1. The van der Waals surface area contributed by atoms with Gasteiger partial charge in [0.25, 0.3) is 5.91 Å². The van der Waals surface area contributed by atoms with Gasteiger partial charge in [-0.25, -0.2) is 8.42 Å². The van der Waals surface area contributed by atoms with Crippen molar-refractivity contribution in [1.82, 2.24) is 4.72 Å². The molecule has 174 valence electrons. The van der Waals surface area contributed by atoms with Gasteiger partial charge in [0.05, 0.1) is 21.0 Å². The molecule has 32 heavy (non-hydrogen) atoms. The van der Waals surface area contributed by atoms with E-state index in [9.17, 15) is 23.1 Å². The van der Waals surface area contributed by atoms with E-state index in [1.807, 2.05) is 32.9 Å². The minimum absolute atomic E-state index is 0.00378. The maximum Gasteiger partial charge on any atom is 0.327 e. The van der Waals surface area contributed by atoms with Gasteiger partial charge in [-0.15, -0.1) is 0 Å². The van der Waals surface area contributed by atoms with Crippen molar-refractivity contribution >= 4 is 50.8 Å². The molecule has 0 aliphatic heterocycles. The highest BCUT2D eigenvalue weighted by Crippen LogP contribution is 2.25. The van der Waals surface area contributed by atoms with E-state index in [-0.39, 0.29) is 14.9 Å². The molecule has 0 aliphatic carbocycles. The number of aliphatic hydroxyl groups is 1. The van der Waals surface area contributed by atoms with Crippen molar-refractivity contribution in [1.29, 1.82) is 0 Å². The summed E-state index contributed by atoms with van der Waals surface area (Å²) in [7, 11) is -4.25. The molecule has 8 nitrogen and oxygen atoms in total. The summed E-state index contributed by atoms with van der Waals surface area (Å²) in [5.74, 6) is -1.72. The maximum absolute atomic E-state index is 12.6. The predicted molar refractivity (Wildman–Crippen MR) is 122 cm³/mol. The van der Waals surface area contributed by atoms with Crippen LogP contribution in [0.3, 0.4) is 0 Å². The number of carbonyl (C=O) groups excluding carboxylic acids is 2. The number of hydrogen-bond acceptors (Lipinski definition) is 6. The van der Waals surface area contributed by atoms with E-state index in [0.29, 0.717) is 5.69 Å². The van der Waals surface area contributed by atoms with Crippen molar-refractivity contribution in [3.8, 4) is 0 Å². The summed E-state index contributed by atoms with van der Waals surface area (Å²) in [5.41, 5.74) is 3.33.